The number of nitrogens with two attached hydrogens (primary N) is 1. The molecule has 1 aromatic carbocycles. The Morgan fingerprint density at radius 1 is 1.32 bits per heavy atom. The number of carbonyl (C=O) groups excluding carboxylic acids is 1. The monoisotopic (exact) mass is 262 g/mol. The third-order valence-corrected chi connectivity index (χ3v) is 3.47. The van der Waals surface area contributed by atoms with E-state index in [4.69, 9.17) is 10.5 Å². The van der Waals surface area contributed by atoms with E-state index in [0.29, 0.717) is 18.9 Å². The van der Waals surface area contributed by atoms with Crippen molar-refractivity contribution < 1.29 is 9.53 Å². The van der Waals surface area contributed by atoms with E-state index in [2.05, 4.69) is 5.32 Å². The summed E-state index contributed by atoms with van der Waals surface area (Å²) in [5.41, 5.74) is 7.65. The van der Waals surface area contributed by atoms with Gasteiger partial charge in [-0.15, -0.1) is 0 Å². The van der Waals surface area contributed by atoms with Crippen LogP contribution in [0.3, 0.4) is 0 Å². The van der Waals surface area contributed by atoms with E-state index >= 15 is 0 Å². The molecular weight excluding hydrogens is 240 g/mol. The summed E-state index contributed by atoms with van der Waals surface area (Å²) in [4.78, 5) is 11.8. The van der Waals surface area contributed by atoms with Gasteiger partial charge in [0.2, 0.25) is 5.91 Å². The molecule has 1 unspecified atom stereocenters. The molecule has 1 heterocycles. The highest BCUT2D eigenvalue weighted by Gasteiger charge is 2.14. The maximum atomic E-state index is 11.8. The molecule has 3 N–H and O–H groups in total. The average Bonchev–Trinajstić information content (AvgIpc) is 2.47. The van der Waals surface area contributed by atoms with Crippen molar-refractivity contribution in [1.29, 1.82) is 0 Å². The molecule has 4 heteroatoms. The van der Waals surface area contributed by atoms with Gasteiger partial charge in [-0.3, -0.25) is 4.79 Å². The van der Waals surface area contributed by atoms with Crippen molar-refractivity contribution in [2.75, 3.05) is 19.8 Å². The second-order valence-electron chi connectivity index (χ2n) is 5.08. The summed E-state index contributed by atoms with van der Waals surface area (Å²) in [5.74, 6) is 0.545. The Morgan fingerprint density at radius 2 is 2.05 bits per heavy atom. The lowest BCUT2D eigenvalue weighted by Gasteiger charge is -2.22. The first-order valence-corrected chi connectivity index (χ1v) is 6.90. The Hall–Kier alpha value is -1.39. The van der Waals surface area contributed by atoms with Crippen LogP contribution in [0.15, 0.2) is 24.3 Å². The molecule has 0 aromatic heterocycles. The summed E-state index contributed by atoms with van der Waals surface area (Å²) in [6, 6.07) is 7.87. The van der Waals surface area contributed by atoms with Gasteiger partial charge in [0.1, 0.15) is 0 Å². The Morgan fingerprint density at radius 3 is 2.68 bits per heavy atom. The Labute approximate surface area is 114 Å². The molecule has 0 spiro atoms. The van der Waals surface area contributed by atoms with Gasteiger partial charge in [0.05, 0.1) is 13.0 Å². The summed E-state index contributed by atoms with van der Waals surface area (Å²) in [6.07, 6.45) is 2.67. The Balaban J connectivity index is 1.73. The van der Waals surface area contributed by atoms with E-state index in [1.54, 1.807) is 0 Å². The third-order valence-electron chi connectivity index (χ3n) is 3.47. The van der Waals surface area contributed by atoms with E-state index in [-0.39, 0.29) is 5.91 Å². The number of hydrogen-bond donors (Lipinski definition) is 2. The lowest BCUT2D eigenvalue weighted by atomic mass is 10.0. The molecule has 19 heavy (non-hydrogen) atoms. The van der Waals surface area contributed by atoms with Gasteiger partial charge >= 0.3 is 0 Å². The zero-order chi connectivity index (χ0) is 13.5. The highest BCUT2D eigenvalue weighted by molar-refractivity contribution is 5.78. The fourth-order valence-corrected chi connectivity index (χ4v) is 2.27. The minimum absolute atomic E-state index is 0.0751. The fraction of sp³-hybridized carbons (Fsp3) is 0.533. The van der Waals surface area contributed by atoms with Gasteiger partial charge < -0.3 is 15.8 Å². The average molecular weight is 262 g/mol. The number of rotatable bonds is 5. The van der Waals surface area contributed by atoms with Crippen LogP contribution in [0.5, 0.6) is 0 Å². The molecule has 0 radical (unpaired) electrons. The first-order valence-electron chi connectivity index (χ1n) is 6.90. The molecule has 1 amide bonds. The maximum Gasteiger partial charge on any atom is 0.224 e. The van der Waals surface area contributed by atoms with Crippen LogP contribution in [-0.4, -0.2) is 25.7 Å². The van der Waals surface area contributed by atoms with Crippen molar-refractivity contribution >= 4 is 5.91 Å². The normalized spacial score (nSPS) is 19.1. The van der Waals surface area contributed by atoms with Gasteiger partial charge in [0.25, 0.3) is 0 Å². The number of ether oxygens (including phenoxy) is 1. The molecule has 1 aliphatic rings. The van der Waals surface area contributed by atoms with E-state index in [1.165, 1.54) is 0 Å². The smallest absolute Gasteiger partial charge is 0.224 e. The molecule has 1 aromatic rings. The molecule has 1 aliphatic heterocycles. The van der Waals surface area contributed by atoms with Crippen molar-refractivity contribution in [2.24, 2.45) is 11.7 Å². The summed E-state index contributed by atoms with van der Waals surface area (Å²) in [5, 5.41) is 2.99. The third kappa shape index (κ3) is 4.65. The topological polar surface area (TPSA) is 64.4 Å². The molecule has 0 saturated carbocycles. The van der Waals surface area contributed by atoms with Crippen molar-refractivity contribution in [2.45, 2.75) is 25.8 Å². The van der Waals surface area contributed by atoms with Crippen LogP contribution in [0.1, 0.15) is 24.0 Å². The number of amides is 1. The lowest BCUT2D eigenvalue weighted by molar-refractivity contribution is -0.120. The summed E-state index contributed by atoms with van der Waals surface area (Å²) in [6.45, 7) is 2.89. The van der Waals surface area contributed by atoms with Crippen LogP contribution in [0.2, 0.25) is 0 Å². The lowest BCUT2D eigenvalue weighted by Crippen LogP contribution is -2.34. The van der Waals surface area contributed by atoms with Crippen molar-refractivity contribution in [1.82, 2.24) is 5.32 Å². The highest BCUT2D eigenvalue weighted by atomic mass is 16.5. The Kier molecular flexibility index (Phi) is 5.36. The first-order chi connectivity index (χ1) is 9.28. The molecular formula is C15H22N2O2. The van der Waals surface area contributed by atoms with Crippen LogP contribution >= 0.6 is 0 Å². The quantitative estimate of drug-likeness (QED) is 0.839. The van der Waals surface area contributed by atoms with Gasteiger partial charge in [0, 0.05) is 19.7 Å². The molecule has 4 nitrogen and oxygen atoms in total. The highest BCUT2D eigenvalue weighted by Crippen LogP contribution is 2.12. The second kappa shape index (κ2) is 7.26. The number of nitrogens with one attached hydrogen (secondary N) is 1. The molecule has 0 aliphatic carbocycles. The number of benzene rings is 1. The van der Waals surface area contributed by atoms with Crippen LogP contribution in [0, 0.1) is 5.92 Å². The van der Waals surface area contributed by atoms with E-state index < -0.39 is 0 Å². The van der Waals surface area contributed by atoms with E-state index in [9.17, 15) is 4.79 Å². The summed E-state index contributed by atoms with van der Waals surface area (Å²) >= 11 is 0. The predicted octanol–water partition coefficient (Wildman–Crippen LogP) is 1.23. The van der Waals surface area contributed by atoms with Gasteiger partial charge in [-0.1, -0.05) is 24.3 Å². The first kappa shape index (κ1) is 14.0. The maximum absolute atomic E-state index is 11.8. The van der Waals surface area contributed by atoms with Crippen molar-refractivity contribution in [3.8, 4) is 0 Å². The number of hydrogen-bond acceptors (Lipinski definition) is 3. The predicted molar refractivity (Wildman–Crippen MR) is 74.6 cm³/mol. The molecule has 104 valence electrons. The summed E-state index contributed by atoms with van der Waals surface area (Å²) < 4.78 is 5.40. The van der Waals surface area contributed by atoms with Crippen LogP contribution < -0.4 is 11.1 Å². The van der Waals surface area contributed by atoms with E-state index in [1.807, 2.05) is 24.3 Å². The van der Waals surface area contributed by atoms with Gasteiger partial charge in [0.15, 0.2) is 0 Å². The number of carbonyl (C=O) groups is 1. The molecule has 1 atom stereocenters. The molecule has 2 rings (SSSR count). The SMILES string of the molecule is NCc1ccc(CC(=O)NCC2CCCOC2)cc1. The Bertz CT molecular complexity index is 397. The van der Waals surface area contributed by atoms with Crippen molar-refractivity contribution in [3.05, 3.63) is 35.4 Å². The summed E-state index contributed by atoms with van der Waals surface area (Å²) in [7, 11) is 0. The van der Waals surface area contributed by atoms with Gasteiger partial charge in [-0.25, -0.2) is 0 Å². The van der Waals surface area contributed by atoms with Crippen LogP contribution in [0.4, 0.5) is 0 Å². The zero-order valence-corrected chi connectivity index (χ0v) is 11.2. The minimum atomic E-state index is 0.0751. The zero-order valence-electron chi connectivity index (χ0n) is 11.2. The largest absolute Gasteiger partial charge is 0.381 e. The minimum Gasteiger partial charge on any atom is -0.381 e. The molecule has 1 saturated heterocycles. The van der Waals surface area contributed by atoms with Crippen LogP contribution in [0.25, 0.3) is 0 Å². The van der Waals surface area contributed by atoms with Gasteiger partial charge in [-0.2, -0.15) is 0 Å². The second-order valence-corrected chi connectivity index (χ2v) is 5.08. The van der Waals surface area contributed by atoms with E-state index in [0.717, 1.165) is 43.7 Å². The molecule has 1 fully saturated rings. The standard InChI is InChI=1S/C15H22N2O2/c16-9-13-5-3-12(4-6-13)8-15(18)17-10-14-2-1-7-19-11-14/h3-6,14H,1-2,7-11,16H2,(H,17,18). The molecule has 0 bridgehead atoms. The van der Waals surface area contributed by atoms with Gasteiger partial charge in [-0.05, 0) is 29.9 Å². The van der Waals surface area contributed by atoms with Crippen LogP contribution in [-0.2, 0) is 22.5 Å². The fourth-order valence-electron chi connectivity index (χ4n) is 2.27. The van der Waals surface area contributed by atoms with Crippen molar-refractivity contribution in [3.63, 3.8) is 0 Å².